The predicted octanol–water partition coefficient (Wildman–Crippen LogP) is 5.42. The Kier molecular flexibility index (Phi) is 5.19. The zero-order valence-electron chi connectivity index (χ0n) is 13.5. The summed E-state index contributed by atoms with van der Waals surface area (Å²) in [6, 6.07) is 14.4. The van der Waals surface area contributed by atoms with Crippen molar-refractivity contribution in [2.75, 3.05) is 5.32 Å². The minimum Gasteiger partial charge on any atom is -0.317 e. The highest BCUT2D eigenvalue weighted by atomic mass is 79.9. The van der Waals surface area contributed by atoms with Gasteiger partial charge >= 0.3 is 6.03 Å². The third-order valence-electron chi connectivity index (χ3n) is 4.43. The molecule has 0 radical (unpaired) electrons. The monoisotopic (exact) mass is 390 g/mol. The quantitative estimate of drug-likeness (QED) is 0.725. The zero-order valence-corrected chi connectivity index (χ0v) is 15.1. The van der Waals surface area contributed by atoms with E-state index in [0.717, 1.165) is 18.4 Å². The van der Waals surface area contributed by atoms with Gasteiger partial charge in [0.05, 0.1) is 5.69 Å². The molecule has 1 saturated carbocycles. The van der Waals surface area contributed by atoms with Crippen LogP contribution in [-0.2, 0) is 6.54 Å². The molecular weight excluding hydrogens is 371 g/mol. The molecule has 1 aliphatic carbocycles. The second-order valence-corrected chi connectivity index (χ2v) is 7.16. The molecule has 1 aliphatic rings. The number of rotatable bonds is 5. The second kappa shape index (κ2) is 7.34. The van der Waals surface area contributed by atoms with Crippen molar-refractivity contribution in [2.45, 2.75) is 32.4 Å². The van der Waals surface area contributed by atoms with Crippen LogP contribution in [0.1, 0.15) is 25.3 Å². The van der Waals surface area contributed by atoms with E-state index in [1.165, 1.54) is 6.07 Å². The zero-order chi connectivity index (χ0) is 17.1. The van der Waals surface area contributed by atoms with Crippen LogP contribution in [0.3, 0.4) is 0 Å². The number of nitrogens with one attached hydrogen (secondary N) is 1. The molecular formula is C19H20BrFN2O. The lowest BCUT2D eigenvalue weighted by atomic mass is 10.1. The number of amides is 2. The van der Waals surface area contributed by atoms with E-state index in [2.05, 4.69) is 28.2 Å². The van der Waals surface area contributed by atoms with Crippen LogP contribution in [0.4, 0.5) is 14.9 Å². The number of hydrogen-bond acceptors (Lipinski definition) is 1. The predicted molar refractivity (Wildman–Crippen MR) is 97.3 cm³/mol. The van der Waals surface area contributed by atoms with Crippen LogP contribution in [-0.4, -0.2) is 17.0 Å². The summed E-state index contributed by atoms with van der Waals surface area (Å²) in [5.41, 5.74) is 1.26. The van der Waals surface area contributed by atoms with E-state index in [4.69, 9.17) is 0 Å². The van der Waals surface area contributed by atoms with Gasteiger partial charge in [-0.05, 0) is 49.4 Å². The van der Waals surface area contributed by atoms with E-state index < -0.39 is 5.82 Å². The van der Waals surface area contributed by atoms with Gasteiger partial charge in [-0.1, -0.05) is 46.3 Å². The van der Waals surface area contributed by atoms with E-state index in [1.807, 2.05) is 30.3 Å². The third kappa shape index (κ3) is 4.15. The fourth-order valence-corrected chi connectivity index (χ4v) is 3.12. The van der Waals surface area contributed by atoms with Gasteiger partial charge < -0.3 is 10.2 Å². The van der Waals surface area contributed by atoms with Gasteiger partial charge in [-0.15, -0.1) is 0 Å². The highest BCUT2D eigenvalue weighted by Crippen LogP contribution is 2.36. The van der Waals surface area contributed by atoms with Crippen molar-refractivity contribution >= 4 is 27.6 Å². The molecule has 5 heteroatoms. The molecule has 1 unspecified atom stereocenters. The number of hydrogen-bond donors (Lipinski definition) is 1. The summed E-state index contributed by atoms with van der Waals surface area (Å²) in [5.74, 6) is 0.0886. The molecule has 1 N–H and O–H groups in total. The molecule has 2 amide bonds. The number of nitrogens with zero attached hydrogens (tertiary/aromatic N) is 1. The maximum Gasteiger partial charge on any atom is 0.322 e. The molecule has 126 valence electrons. The number of carbonyl (C=O) groups is 1. The van der Waals surface area contributed by atoms with Gasteiger partial charge in [0, 0.05) is 17.1 Å². The highest BCUT2D eigenvalue weighted by molar-refractivity contribution is 9.10. The third-order valence-corrected chi connectivity index (χ3v) is 4.92. The van der Waals surface area contributed by atoms with Gasteiger partial charge in [0.15, 0.2) is 0 Å². The standard InChI is InChI=1S/C19H20BrFN2O/c1-13(15-7-8-15)23(12-14-5-3-2-4-6-14)19(24)22-18-10-9-16(20)11-17(18)21/h2-6,9-11,13,15H,7-8,12H2,1H3,(H,22,24). The molecule has 24 heavy (non-hydrogen) atoms. The van der Waals surface area contributed by atoms with Crippen molar-refractivity contribution in [3.05, 3.63) is 64.4 Å². The molecule has 0 bridgehead atoms. The molecule has 2 aromatic carbocycles. The topological polar surface area (TPSA) is 32.3 Å². The fourth-order valence-electron chi connectivity index (χ4n) is 2.79. The van der Waals surface area contributed by atoms with E-state index >= 15 is 0 Å². The maximum atomic E-state index is 14.0. The van der Waals surface area contributed by atoms with E-state index in [0.29, 0.717) is 16.9 Å². The molecule has 0 aromatic heterocycles. The largest absolute Gasteiger partial charge is 0.322 e. The Labute approximate surface area is 150 Å². The van der Waals surface area contributed by atoms with Crippen LogP contribution in [0, 0.1) is 11.7 Å². The smallest absolute Gasteiger partial charge is 0.317 e. The highest BCUT2D eigenvalue weighted by Gasteiger charge is 2.34. The first kappa shape index (κ1) is 17.0. The first-order valence-corrected chi connectivity index (χ1v) is 8.90. The average molecular weight is 391 g/mol. The van der Waals surface area contributed by atoms with Crippen molar-refractivity contribution in [1.82, 2.24) is 4.90 Å². The summed E-state index contributed by atoms with van der Waals surface area (Å²) in [6.45, 7) is 2.58. The van der Waals surface area contributed by atoms with Crippen molar-refractivity contribution in [3.8, 4) is 0 Å². The van der Waals surface area contributed by atoms with Crippen LogP contribution in [0.25, 0.3) is 0 Å². The Morgan fingerprint density at radius 1 is 1.29 bits per heavy atom. The van der Waals surface area contributed by atoms with Crippen LogP contribution >= 0.6 is 15.9 Å². The lowest BCUT2D eigenvalue weighted by Gasteiger charge is -2.30. The molecule has 1 atom stereocenters. The summed E-state index contributed by atoms with van der Waals surface area (Å²) in [7, 11) is 0. The van der Waals surface area contributed by atoms with Crippen molar-refractivity contribution in [1.29, 1.82) is 0 Å². The number of benzene rings is 2. The summed E-state index contributed by atoms with van der Waals surface area (Å²) in [5, 5.41) is 2.71. The van der Waals surface area contributed by atoms with Crippen LogP contribution in [0.15, 0.2) is 53.0 Å². The fraction of sp³-hybridized carbons (Fsp3) is 0.316. The molecule has 0 saturated heterocycles. The van der Waals surface area contributed by atoms with Gasteiger partial charge in [0.2, 0.25) is 0 Å². The van der Waals surface area contributed by atoms with Gasteiger partial charge in [-0.25, -0.2) is 9.18 Å². The Morgan fingerprint density at radius 3 is 2.62 bits per heavy atom. The second-order valence-electron chi connectivity index (χ2n) is 6.25. The summed E-state index contributed by atoms with van der Waals surface area (Å²) in [6.07, 6.45) is 2.29. The van der Waals surface area contributed by atoms with Crippen LogP contribution < -0.4 is 5.32 Å². The van der Waals surface area contributed by atoms with Crippen LogP contribution in [0.2, 0.25) is 0 Å². The molecule has 0 heterocycles. The number of halogens is 2. The molecule has 2 aromatic rings. The lowest BCUT2D eigenvalue weighted by molar-refractivity contribution is 0.180. The maximum absolute atomic E-state index is 14.0. The SMILES string of the molecule is CC(C1CC1)N(Cc1ccccc1)C(=O)Nc1ccc(Br)cc1F. The normalized spacial score (nSPS) is 15.0. The molecule has 3 rings (SSSR count). The Hall–Kier alpha value is -1.88. The Morgan fingerprint density at radius 2 is 2.00 bits per heavy atom. The van der Waals surface area contributed by atoms with Crippen LogP contribution in [0.5, 0.6) is 0 Å². The number of carbonyl (C=O) groups excluding carboxylic acids is 1. The van der Waals surface area contributed by atoms with Crippen molar-refractivity contribution in [2.24, 2.45) is 5.92 Å². The summed E-state index contributed by atoms with van der Waals surface area (Å²) in [4.78, 5) is 14.6. The van der Waals surface area contributed by atoms with Crippen molar-refractivity contribution in [3.63, 3.8) is 0 Å². The molecule has 3 nitrogen and oxygen atoms in total. The average Bonchev–Trinajstić information content (AvgIpc) is 3.40. The summed E-state index contributed by atoms with van der Waals surface area (Å²) < 4.78 is 14.7. The minimum absolute atomic E-state index is 0.128. The molecule has 1 fully saturated rings. The van der Waals surface area contributed by atoms with Gasteiger partial charge in [0.1, 0.15) is 5.82 Å². The van der Waals surface area contributed by atoms with Crippen molar-refractivity contribution < 1.29 is 9.18 Å². The van der Waals surface area contributed by atoms with E-state index in [9.17, 15) is 9.18 Å². The van der Waals surface area contributed by atoms with Gasteiger partial charge in [-0.2, -0.15) is 0 Å². The number of urea groups is 1. The minimum atomic E-state index is -0.448. The van der Waals surface area contributed by atoms with E-state index in [1.54, 1.807) is 17.0 Å². The lowest BCUT2D eigenvalue weighted by Crippen LogP contribution is -2.42. The molecule has 0 spiro atoms. The molecule has 0 aliphatic heterocycles. The summed E-state index contributed by atoms with van der Waals surface area (Å²) >= 11 is 3.22. The van der Waals surface area contributed by atoms with E-state index in [-0.39, 0.29) is 17.8 Å². The van der Waals surface area contributed by atoms with Gasteiger partial charge in [-0.3, -0.25) is 0 Å². The Bertz CT molecular complexity index is 719. The van der Waals surface area contributed by atoms with Gasteiger partial charge in [0.25, 0.3) is 0 Å². The Balaban J connectivity index is 1.77. The first-order chi connectivity index (χ1) is 11.5. The first-order valence-electron chi connectivity index (χ1n) is 8.11. The number of anilines is 1.